The van der Waals surface area contributed by atoms with E-state index in [1.54, 1.807) is 18.3 Å². The van der Waals surface area contributed by atoms with Crippen LogP contribution in [0.4, 0.5) is 0 Å². The molecule has 0 saturated carbocycles. The van der Waals surface area contributed by atoms with E-state index in [1.807, 2.05) is 26.0 Å². The van der Waals surface area contributed by atoms with E-state index in [1.165, 1.54) is 22.4 Å². The summed E-state index contributed by atoms with van der Waals surface area (Å²) in [6.07, 6.45) is 4.08. The van der Waals surface area contributed by atoms with Crippen LogP contribution in [0.25, 0.3) is 5.82 Å². The SMILES string of the molecule is Cc1cc(-n2cc(CNCCc3ccc4c(c3C)COC4=O)ccc2=O)ncc1C#N. The van der Waals surface area contributed by atoms with E-state index in [-0.39, 0.29) is 11.5 Å². The van der Waals surface area contributed by atoms with Crippen LogP contribution in [0.15, 0.2) is 47.5 Å². The van der Waals surface area contributed by atoms with Crippen molar-refractivity contribution in [1.82, 2.24) is 14.9 Å². The molecule has 0 saturated heterocycles. The molecule has 1 aromatic carbocycles. The number of hydrogen-bond acceptors (Lipinski definition) is 6. The minimum atomic E-state index is -0.246. The molecule has 1 N–H and O–H groups in total. The number of hydrogen-bond donors (Lipinski definition) is 1. The van der Waals surface area contributed by atoms with Crippen LogP contribution in [0.1, 0.15) is 43.7 Å². The molecule has 0 aliphatic carbocycles. The van der Waals surface area contributed by atoms with Crippen LogP contribution in [-0.4, -0.2) is 22.1 Å². The topological polar surface area (TPSA) is 97.0 Å². The number of nitrogens with one attached hydrogen (secondary N) is 1. The summed E-state index contributed by atoms with van der Waals surface area (Å²) in [5.74, 6) is 0.249. The molecule has 31 heavy (non-hydrogen) atoms. The molecule has 0 amide bonds. The summed E-state index contributed by atoms with van der Waals surface area (Å²) in [5, 5.41) is 12.5. The van der Waals surface area contributed by atoms with Crippen molar-refractivity contribution in [1.29, 1.82) is 5.26 Å². The molecule has 4 rings (SSSR count). The van der Waals surface area contributed by atoms with Crippen molar-refractivity contribution in [3.63, 3.8) is 0 Å². The van der Waals surface area contributed by atoms with Crippen molar-refractivity contribution < 1.29 is 9.53 Å². The first kappa shape index (κ1) is 20.5. The van der Waals surface area contributed by atoms with Gasteiger partial charge in [-0.25, -0.2) is 9.78 Å². The van der Waals surface area contributed by atoms with Crippen molar-refractivity contribution in [2.75, 3.05) is 6.54 Å². The van der Waals surface area contributed by atoms with E-state index in [2.05, 4.69) is 16.4 Å². The van der Waals surface area contributed by atoms with Crippen LogP contribution >= 0.6 is 0 Å². The fraction of sp³-hybridized carbons (Fsp3) is 0.250. The molecule has 156 valence electrons. The molecule has 0 unspecified atom stereocenters. The summed E-state index contributed by atoms with van der Waals surface area (Å²) >= 11 is 0. The third-order valence-electron chi connectivity index (χ3n) is 5.61. The number of pyridine rings is 2. The lowest BCUT2D eigenvalue weighted by Crippen LogP contribution is -2.22. The Morgan fingerprint density at radius 3 is 2.84 bits per heavy atom. The number of aryl methyl sites for hydroxylation is 1. The zero-order valence-electron chi connectivity index (χ0n) is 17.4. The number of nitriles is 1. The third-order valence-corrected chi connectivity index (χ3v) is 5.61. The molecule has 2 aromatic heterocycles. The van der Waals surface area contributed by atoms with Crippen LogP contribution in [0.3, 0.4) is 0 Å². The minimum Gasteiger partial charge on any atom is -0.457 e. The van der Waals surface area contributed by atoms with E-state index in [4.69, 9.17) is 10.00 Å². The molecule has 0 bridgehead atoms. The van der Waals surface area contributed by atoms with Crippen molar-refractivity contribution in [2.24, 2.45) is 0 Å². The minimum absolute atomic E-state index is 0.175. The summed E-state index contributed by atoms with van der Waals surface area (Å²) in [5.41, 5.74) is 6.00. The van der Waals surface area contributed by atoms with Gasteiger partial charge in [0.1, 0.15) is 18.5 Å². The van der Waals surface area contributed by atoms with Gasteiger partial charge in [0.25, 0.3) is 5.56 Å². The Labute approximate surface area is 179 Å². The molecular weight excluding hydrogens is 392 g/mol. The van der Waals surface area contributed by atoms with Crippen LogP contribution in [0, 0.1) is 25.2 Å². The first-order chi connectivity index (χ1) is 15.0. The molecule has 1 aliphatic rings. The van der Waals surface area contributed by atoms with Crippen LogP contribution in [0.2, 0.25) is 0 Å². The van der Waals surface area contributed by atoms with Gasteiger partial charge in [-0.05, 0) is 61.2 Å². The average molecular weight is 414 g/mol. The zero-order valence-corrected chi connectivity index (χ0v) is 17.4. The lowest BCUT2D eigenvalue weighted by Gasteiger charge is -2.11. The van der Waals surface area contributed by atoms with Crippen LogP contribution in [0.5, 0.6) is 0 Å². The van der Waals surface area contributed by atoms with Crippen LogP contribution in [-0.2, 0) is 24.3 Å². The van der Waals surface area contributed by atoms with Crippen LogP contribution < -0.4 is 10.9 Å². The lowest BCUT2D eigenvalue weighted by atomic mass is 9.97. The number of nitrogens with zero attached hydrogens (tertiary/aromatic N) is 3. The van der Waals surface area contributed by atoms with Gasteiger partial charge in [0, 0.05) is 30.6 Å². The molecule has 0 fully saturated rings. The van der Waals surface area contributed by atoms with Crippen molar-refractivity contribution in [2.45, 2.75) is 33.4 Å². The van der Waals surface area contributed by atoms with E-state index in [0.717, 1.165) is 35.2 Å². The average Bonchev–Trinajstić information content (AvgIpc) is 3.15. The number of carbonyl (C=O) groups is 1. The van der Waals surface area contributed by atoms with E-state index in [9.17, 15) is 9.59 Å². The highest BCUT2D eigenvalue weighted by Gasteiger charge is 2.23. The highest BCUT2D eigenvalue weighted by Crippen LogP contribution is 2.26. The van der Waals surface area contributed by atoms with Gasteiger partial charge >= 0.3 is 5.97 Å². The van der Waals surface area contributed by atoms with E-state index >= 15 is 0 Å². The molecular formula is C24H22N4O3. The molecule has 0 atom stereocenters. The number of aromatic nitrogens is 2. The second-order valence-corrected chi connectivity index (χ2v) is 7.59. The maximum atomic E-state index is 12.3. The summed E-state index contributed by atoms with van der Waals surface area (Å²) in [4.78, 5) is 28.2. The Kier molecular flexibility index (Phi) is 5.65. The Morgan fingerprint density at radius 2 is 2.06 bits per heavy atom. The number of benzene rings is 1. The van der Waals surface area contributed by atoms with Crippen molar-refractivity contribution in [3.8, 4) is 11.9 Å². The monoisotopic (exact) mass is 414 g/mol. The Morgan fingerprint density at radius 1 is 1.23 bits per heavy atom. The number of ether oxygens (including phenoxy) is 1. The van der Waals surface area contributed by atoms with Gasteiger partial charge in [-0.3, -0.25) is 9.36 Å². The number of rotatable bonds is 6. The number of esters is 1. The van der Waals surface area contributed by atoms with Gasteiger partial charge in [0.05, 0.1) is 11.1 Å². The zero-order chi connectivity index (χ0) is 22.0. The highest BCUT2D eigenvalue weighted by atomic mass is 16.5. The first-order valence-electron chi connectivity index (χ1n) is 10.1. The first-order valence-corrected chi connectivity index (χ1v) is 10.1. The van der Waals surface area contributed by atoms with E-state index in [0.29, 0.717) is 30.1 Å². The van der Waals surface area contributed by atoms with E-state index < -0.39 is 0 Å². The van der Waals surface area contributed by atoms with Gasteiger partial charge in [0.2, 0.25) is 0 Å². The second-order valence-electron chi connectivity index (χ2n) is 7.59. The molecule has 7 heteroatoms. The van der Waals surface area contributed by atoms with Crippen molar-refractivity contribution in [3.05, 3.63) is 92.0 Å². The fourth-order valence-corrected chi connectivity index (χ4v) is 3.73. The van der Waals surface area contributed by atoms with Gasteiger partial charge in [0.15, 0.2) is 0 Å². The number of cyclic esters (lactones) is 1. The van der Waals surface area contributed by atoms with Crippen molar-refractivity contribution >= 4 is 5.97 Å². The predicted octanol–water partition coefficient (Wildman–Crippen LogP) is 2.72. The van der Waals surface area contributed by atoms with Gasteiger partial charge in [-0.1, -0.05) is 12.1 Å². The third kappa shape index (κ3) is 4.11. The summed E-state index contributed by atoms with van der Waals surface area (Å²) in [6.45, 7) is 5.55. The summed E-state index contributed by atoms with van der Waals surface area (Å²) in [6, 6.07) is 11.0. The molecule has 0 radical (unpaired) electrons. The largest absolute Gasteiger partial charge is 0.457 e. The summed E-state index contributed by atoms with van der Waals surface area (Å²) in [7, 11) is 0. The Balaban J connectivity index is 1.42. The number of carbonyl (C=O) groups excluding carboxylic acids is 1. The Bertz CT molecular complexity index is 1270. The predicted molar refractivity (Wildman–Crippen MR) is 115 cm³/mol. The van der Waals surface area contributed by atoms with Gasteiger partial charge < -0.3 is 10.1 Å². The van der Waals surface area contributed by atoms with Gasteiger partial charge in [-0.15, -0.1) is 0 Å². The molecule has 0 spiro atoms. The fourth-order valence-electron chi connectivity index (χ4n) is 3.73. The maximum absolute atomic E-state index is 12.3. The highest BCUT2D eigenvalue weighted by molar-refractivity contribution is 5.93. The normalized spacial score (nSPS) is 12.4. The molecule has 1 aliphatic heterocycles. The van der Waals surface area contributed by atoms with Gasteiger partial charge in [-0.2, -0.15) is 5.26 Å². The molecule has 3 aromatic rings. The second kappa shape index (κ2) is 8.54. The summed E-state index contributed by atoms with van der Waals surface area (Å²) < 4.78 is 6.61. The molecule has 3 heterocycles. The smallest absolute Gasteiger partial charge is 0.338 e. The number of fused-ring (bicyclic) bond motifs is 1. The lowest BCUT2D eigenvalue weighted by molar-refractivity contribution is 0.0535. The standard InChI is InChI=1S/C24H22N4O3/c1-15-9-22(27-12-19(15)10-25)28-13-17(3-6-23(28)29)11-26-8-7-18-4-5-20-21(16(18)2)14-31-24(20)30/h3-6,9,12-13,26H,7-8,11,14H2,1-2H3. The maximum Gasteiger partial charge on any atom is 0.338 e. The Hall–Kier alpha value is -3.76. The quantitative estimate of drug-likeness (QED) is 0.492. The molecule has 7 nitrogen and oxygen atoms in total.